The maximum Gasteiger partial charge on any atom is 0.0795 e. The van der Waals surface area contributed by atoms with E-state index in [9.17, 15) is 0 Å². The second kappa shape index (κ2) is 13.7. The largest absolute Gasteiger partial charge is 0.333 e. The van der Waals surface area contributed by atoms with E-state index in [-0.39, 0.29) is 20.1 Å². The molecular weight excluding hydrogens is 811 g/mol. The second-order valence-electron chi connectivity index (χ2n) is 12.9. The fourth-order valence-corrected chi connectivity index (χ4v) is 8.47. The van der Waals surface area contributed by atoms with Gasteiger partial charge in [0.15, 0.2) is 0 Å². The van der Waals surface area contributed by atoms with Crippen LogP contribution >= 0.6 is 11.3 Å². The molecule has 3 nitrogen and oxygen atoms in total. The fourth-order valence-electron chi connectivity index (χ4n) is 6.24. The van der Waals surface area contributed by atoms with Crippen molar-refractivity contribution >= 4 is 66.6 Å². The zero-order valence-corrected chi connectivity index (χ0v) is 31.7. The Labute approximate surface area is 305 Å². The average Bonchev–Trinajstić information content (AvgIpc) is 3.72. The van der Waals surface area contributed by atoms with Gasteiger partial charge in [-0.25, -0.2) is 0 Å². The van der Waals surface area contributed by atoms with Crippen LogP contribution in [-0.4, -0.2) is 22.6 Å². The van der Waals surface area contributed by atoms with Gasteiger partial charge in [-0.05, 0) is 50.6 Å². The van der Waals surface area contributed by atoms with Crippen molar-refractivity contribution in [3.63, 3.8) is 0 Å². The van der Waals surface area contributed by atoms with Crippen LogP contribution in [0.25, 0.3) is 70.3 Å². The second-order valence-corrected chi connectivity index (χ2v) is 19.0. The summed E-state index contributed by atoms with van der Waals surface area (Å²) in [5.41, 5.74) is 6.35. The molecule has 6 aromatic carbocycles. The molecule has 6 heteroatoms. The zero-order valence-electron chi connectivity index (χ0n) is 27.4. The van der Waals surface area contributed by atoms with Crippen LogP contribution < -0.4 is 5.19 Å². The fraction of sp³-hybridized carbons (Fsp3) is 0.0698. The van der Waals surface area contributed by atoms with Gasteiger partial charge in [-0.2, -0.15) is 11.3 Å². The van der Waals surface area contributed by atoms with Crippen molar-refractivity contribution in [3.8, 4) is 28.3 Å². The number of pyridine rings is 1. The summed E-state index contributed by atoms with van der Waals surface area (Å²) in [5.74, 6) is 0.930. The minimum absolute atomic E-state index is 0. The van der Waals surface area contributed by atoms with E-state index in [4.69, 9.17) is 4.98 Å². The monoisotopic (exact) mass is 844 g/mol. The molecule has 0 spiro atoms. The van der Waals surface area contributed by atoms with Gasteiger partial charge >= 0.3 is 0 Å². The van der Waals surface area contributed by atoms with E-state index in [2.05, 4.69) is 151 Å². The Morgan fingerprint density at radius 1 is 0.653 bits per heavy atom. The smallest absolute Gasteiger partial charge is 0.0795 e. The number of hydrogen-bond acceptors (Lipinski definition) is 3. The van der Waals surface area contributed by atoms with Crippen molar-refractivity contribution < 1.29 is 20.1 Å². The molecule has 0 unspecified atom stereocenters. The van der Waals surface area contributed by atoms with Gasteiger partial charge in [0.25, 0.3) is 0 Å². The van der Waals surface area contributed by atoms with Crippen molar-refractivity contribution in [2.75, 3.05) is 0 Å². The number of fused-ring (bicyclic) bond motifs is 6. The molecule has 0 bridgehead atoms. The topological polar surface area (TPSA) is 30.7 Å². The Morgan fingerprint density at radius 2 is 1.41 bits per heavy atom. The number of hydrogen-bond donors (Lipinski definition) is 0. The first-order chi connectivity index (χ1) is 23.5. The Hall–Kier alpha value is -4.71. The van der Waals surface area contributed by atoms with Gasteiger partial charge in [-0.1, -0.05) is 109 Å². The molecular formula is C43H33IrN3SSi-2. The summed E-state index contributed by atoms with van der Waals surface area (Å²) < 4.78 is 4.81. The molecule has 0 aliphatic heterocycles. The van der Waals surface area contributed by atoms with Crippen LogP contribution in [-0.2, 0) is 20.1 Å². The van der Waals surface area contributed by atoms with E-state index in [1.807, 2.05) is 47.9 Å². The summed E-state index contributed by atoms with van der Waals surface area (Å²) in [5, 5.41) is 6.36. The van der Waals surface area contributed by atoms with E-state index in [1.54, 1.807) is 0 Å². The molecule has 241 valence electrons. The molecule has 49 heavy (non-hydrogen) atoms. The Balaban J connectivity index is 0.000000189. The van der Waals surface area contributed by atoms with Crippen LogP contribution in [0.5, 0.6) is 0 Å². The first-order valence-corrected chi connectivity index (χ1v) is 20.5. The summed E-state index contributed by atoms with van der Waals surface area (Å²) in [6, 6.07) is 55.1. The van der Waals surface area contributed by atoms with E-state index in [1.165, 1.54) is 36.1 Å². The first kappa shape index (κ1) is 32.8. The van der Waals surface area contributed by atoms with E-state index < -0.39 is 8.07 Å². The molecule has 9 aromatic rings. The average molecular weight is 844 g/mol. The van der Waals surface area contributed by atoms with Crippen LogP contribution in [0.4, 0.5) is 0 Å². The molecule has 0 amide bonds. The van der Waals surface area contributed by atoms with Gasteiger partial charge in [0.05, 0.1) is 24.9 Å². The summed E-state index contributed by atoms with van der Waals surface area (Å²) in [7, 11) is -1.23. The number of imidazole rings is 1. The van der Waals surface area contributed by atoms with E-state index >= 15 is 0 Å². The molecule has 0 aliphatic carbocycles. The number of benzene rings is 6. The molecule has 0 saturated heterocycles. The molecule has 9 rings (SSSR count). The number of nitrogens with zero attached hydrogens (tertiary/aromatic N) is 3. The van der Waals surface area contributed by atoms with E-state index in [0.717, 1.165) is 39.4 Å². The minimum Gasteiger partial charge on any atom is -0.333 e. The van der Waals surface area contributed by atoms with Gasteiger partial charge in [0.1, 0.15) is 0 Å². The van der Waals surface area contributed by atoms with Gasteiger partial charge in [0, 0.05) is 42.1 Å². The standard InChI is InChI=1S/C29H17N2S.C14H16NSi.Ir/c1-2-10-20(11-3-1)31-27-21-12-5-4-9-19(21)17-18-25(27)30-29(31)24-15-8-14-23-22-13-6-7-16-26(22)32-28(23)24;1-16(2,3)13-9-10-14(15-11-13)12-7-5-4-6-8-12;/h1-14,16-18H;4-7,9-11H,1-3H3;/q2*-1;. The summed E-state index contributed by atoms with van der Waals surface area (Å²) in [6.07, 6.45) is 2.02. The maximum absolute atomic E-state index is 5.17. The third-order valence-electron chi connectivity index (χ3n) is 8.73. The number of thiophene rings is 1. The quantitative estimate of drug-likeness (QED) is 0.131. The maximum atomic E-state index is 5.17. The molecule has 0 saturated carbocycles. The zero-order chi connectivity index (χ0) is 32.7. The van der Waals surface area contributed by atoms with Gasteiger partial charge in [0.2, 0.25) is 0 Å². The van der Waals surface area contributed by atoms with E-state index in [0.29, 0.717) is 0 Å². The SMILES string of the molecule is C[Si](C)(C)c1ccc(-c2[c-]cccc2)nc1.[Ir].[c-]1ccc2c(sc3ccccc32)c1-c1nc2ccc3ccccc3c2n1-c1ccccc1. The van der Waals surface area contributed by atoms with Crippen molar-refractivity contribution in [3.05, 3.63) is 158 Å². The summed E-state index contributed by atoms with van der Waals surface area (Å²) in [4.78, 5) is 9.69. The van der Waals surface area contributed by atoms with Crippen molar-refractivity contribution in [1.82, 2.24) is 14.5 Å². The molecule has 0 N–H and O–H groups in total. The molecule has 0 fully saturated rings. The summed E-state index contributed by atoms with van der Waals surface area (Å²) >= 11 is 1.82. The van der Waals surface area contributed by atoms with Crippen LogP contribution in [0, 0.1) is 12.1 Å². The van der Waals surface area contributed by atoms with Crippen LogP contribution in [0.1, 0.15) is 0 Å². The number of aromatic nitrogens is 3. The first-order valence-electron chi connectivity index (χ1n) is 16.2. The summed E-state index contributed by atoms with van der Waals surface area (Å²) in [6.45, 7) is 7.00. The van der Waals surface area contributed by atoms with Gasteiger partial charge in [-0.3, -0.25) is 4.98 Å². The molecule has 0 aliphatic rings. The minimum atomic E-state index is -1.23. The van der Waals surface area contributed by atoms with Crippen molar-refractivity contribution in [2.24, 2.45) is 0 Å². The van der Waals surface area contributed by atoms with Crippen LogP contribution in [0.15, 0.2) is 146 Å². The molecule has 0 atom stereocenters. The van der Waals surface area contributed by atoms with Gasteiger partial charge < -0.3 is 9.55 Å². The van der Waals surface area contributed by atoms with Gasteiger partial charge in [-0.15, -0.1) is 54.1 Å². The third kappa shape index (κ3) is 6.29. The predicted molar refractivity (Wildman–Crippen MR) is 207 cm³/mol. The molecule has 3 aromatic heterocycles. The van der Waals surface area contributed by atoms with Crippen molar-refractivity contribution in [1.29, 1.82) is 0 Å². The Bertz CT molecular complexity index is 2530. The molecule has 1 radical (unpaired) electrons. The van der Waals surface area contributed by atoms with Crippen molar-refractivity contribution in [2.45, 2.75) is 19.6 Å². The normalized spacial score (nSPS) is 11.4. The van der Waals surface area contributed by atoms with Crippen LogP contribution in [0.2, 0.25) is 19.6 Å². The van der Waals surface area contributed by atoms with Crippen LogP contribution in [0.3, 0.4) is 0 Å². The Kier molecular flexibility index (Phi) is 9.15. The molecule has 3 heterocycles. The number of rotatable bonds is 4. The number of para-hydroxylation sites is 1. The predicted octanol–water partition coefficient (Wildman–Crippen LogP) is 11.1. The Morgan fingerprint density at radius 3 is 2.16 bits per heavy atom. The third-order valence-corrected chi connectivity index (χ3v) is 12.0.